The second-order valence-electron chi connectivity index (χ2n) is 5.25. The van der Waals surface area contributed by atoms with E-state index in [1.165, 1.54) is 30.4 Å². The van der Waals surface area contributed by atoms with Gasteiger partial charge in [-0.1, -0.05) is 12.5 Å². The molecule has 1 aliphatic carbocycles. The minimum absolute atomic E-state index is 0.106. The van der Waals surface area contributed by atoms with Crippen molar-refractivity contribution in [2.24, 2.45) is 4.99 Å². The fourth-order valence-electron chi connectivity index (χ4n) is 3.08. The molecule has 18 heavy (non-hydrogen) atoms. The van der Waals surface area contributed by atoms with Crippen LogP contribution < -0.4 is 5.32 Å². The number of hydrogen-bond acceptors (Lipinski definition) is 2. The van der Waals surface area contributed by atoms with Crippen LogP contribution in [-0.2, 0) is 6.42 Å². The first-order chi connectivity index (χ1) is 8.83. The van der Waals surface area contributed by atoms with Crippen LogP contribution in [0.3, 0.4) is 0 Å². The predicted octanol–water partition coefficient (Wildman–Crippen LogP) is 3.03. The summed E-state index contributed by atoms with van der Waals surface area (Å²) in [5.74, 6) is 1.54. The SMILES string of the molecule is Fc1ccc2c(c1)CCCCC2CC1=NCCN1. The van der Waals surface area contributed by atoms with Crippen LogP contribution in [0.15, 0.2) is 23.2 Å². The Morgan fingerprint density at radius 1 is 1.33 bits per heavy atom. The Bertz CT molecular complexity index is 468. The molecule has 0 saturated heterocycles. The van der Waals surface area contributed by atoms with Gasteiger partial charge >= 0.3 is 0 Å². The van der Waals surface area contributed by atoms with Crippen LogP contribution in [0, 0.1) is 5.82 Å². The van der Waals surface area contributed by atoms with Crippen molar-refractivity contribution in [3.05, 3.63) is 35.1 Å². The van der Waals surface area contributed by atoms with Gasteiger partial charge in [-0.25, -0.2) is 4.39 Å². The molecule has 1 N–H and O–H groups in total. The monoisotopic (exact) mass is 246 g/mol. The molecule has 0 radical (unpaired) electrons. The third kappa shape index (κ3) is 2.40. The minimum Gasteiger partial charge on any atom is -0.372 e. The highest BCUT2D eigenvalue weighted by molar-refractivity contribution is 5.84. The number of rotatable bonds is 2. The van der Waals surface area contributed by atoms with Gasteiger partial charge in [0.25, 0.3) is 0 Å². The van der Waals surface area contributed by atoms with E-state index in [0.29, 0.717) is 5.92 Å². The van der Waals surface area contributed by atoms with Crippen molar-refractivity contribution in [2.45, 2.75) is 38.0 Å². The molecule has 1 aromatic rings. The number of aryl methyl sites for hydroxylation is 1. The molecule has 3 heteroatoms. The van der Waals surface area contributed by atoms with Gasteiger partial charge in [0.05, 0.1) is 12.4 Å². The fraction of sp³-hybridized carbons (Fsp3) is 0.533. The number of benzene rings is 1. The number of nitrogens with one attached hydrogen (secondary N) is 1. The van der Waals surface area contributed by atoms with E-state index in [2.05, 4.69) is 10.3 Å². The topological polar surface area (TPSA) is 24.4 Å². The van der Waals surface area contributed by atoms with Gasteiger partial charge in [0.2, 0.25) is 0 Å². The zero-order valence-electron chi connectivity index (χ0n) is 10.6. The van der Waals surface area contributed by atoms with Gasteiger partial charge in [0.1, 0.15) is 5.82 Å². The first-order valence-corrected chi connectivity index (χ1v) is 6.88. The Morgan fingerprint density at radius 2 is 2.28 bits per heavy atom. The van der Waals surface area contributed by atoms with E-state index in [9.17, 15) is 4.39 Å². The van der Waals surface area contributed by atoms with E-state index >= 15 is 0 Å². The summed E-state index contributed by atoms with van der Waals surface area (Å²) in [6, 6.07) is 5.30. The molecule has 0 amide bonds. The number of aliphatic imine (C=N–C) groups is 1. The molecular formula is C15H19FN2. The summed E-state index contributed by atoms with van der Waals surface area (Å²) in [7, 11) is 0. The average molecular weight is 246 g/mol. The average Bonchev–Trinajstić information content (AvgIpc) is 2.79. The maximum atomic E-state index is 13.3. The van der Waals surface area contributed by atoms with E-state index in [1.54, 1.807) is 12.1 Å². The number of hydrogen-bond donors (Lipinski definition) is 1. The van der Waals surface area contributed by atoms with E-state index in [1.807, 2.05) is 6.07 Å². The fourth-order valence-corrected chi connectivity index (χ4v) is 3.08. The lowest BCUT2D eigenvalue weighted by Crippen LogP contribution is -2.21. The van der Waals surface area contributed by atoms with Gasteiger partial charge in [-0.3, -0.25) is 4.99 Å². The molecule has 1 aromatic carbocycles. The Balaban J connectivity index is 1.86. The Hall–Kier alpha value is -1.38. The molecule has 3 rings (SSSR count). The molecule has 2 aliphatic rings. The summed E-state index contributed by atoms with van der Waals surface area (Å²) in [4.78, 5) is 4.48. The summed E-state index contributed by atoms with van der Waals surface area (Å²) in [6.07, 6.45) is 5.60. The molecule has 96 valence electrons. The Labute approximate surface area is 107 Å². The number of fused-ring (bicyclic) bond motifs is 1. The lowest BCUT2D eigenvalue weighted by Gasteiger charge is -2.18. The van der Waals surface area contributed by atoms with Crippen LogP contribution in [0.1, 0.15) is 42.7 Å². The first-order valence-electron chi connectivity index (χ1n) is 6.88. The van der Waals surface area contributed by atoms with Gasteiger partial charge in [-0.05, 0) is 48.4 Å². The van der Waals surface area contributed by atoms with Crippen molar-refractivity contribution in [3.8, 4) is 0 Å². The second kappa shape index (κ2) is 5.09. The van der Waals surface area contributed by atoms with Crippen molar-refractivity contribution >= 4 is 5.84 Å². The highest BCUT2D eigenvalue weighted by atomic mass is 19.1. The first kappa shape index (κ1) is 11.7. The van der Waals surface area contributed by atoms with Crippen LogP contribution in [-0.4, -0.2) is 18.9 Å². The summed E-state index contributed by atoms with van der Waals surface area (Å²) in [6.45, 7) is 1.87. The third-order valence-corrected chi connectivity index (χ3v) is 3.98. The van der Waals surface area contributed by atoms with Gasteiger partial charge in [-0.2, -0.15) is 0 Å². The van der Waals surface area contributed by atoms with E-state index < -0.39 is 0 Å². The highest BCUT2D eigenvalue weighted by Gasteiger charge is 2.21. The molecule has 1 atom stereocenters. The Morgan fingerprint density at radius 3 is 3.11 bits per heavy atom. The van der Waals surface area contributed by atoms with Crippen molar-refractivity contribution in [1.29, 1.82) is 0 Å². The summed E-state index contributed by atoms with van der Waals surface area (Å²) < 4.78 is 13.3. The van der Waals surface area contributed by atoms with Crippen molar-refractivity contribution < 1.29 is 4.39 Å². The van der Waals surface area contributed by atoms with Gasteiger partial charge in [0.15, 0.2) is 0 Å². The number of halogens is 1. The summed E-state index contributed by atoms with van der Waals surface area (Å²) in [5, 5.41) is 3.34. The van der Waals surface area contributed by atoms with Crippen LogP contribution in [0.4, 0.5) is 4.39 Å². The van der Waals surface area contributed by atoms with Crippen LogP contribution in [0.2, 0.25) is 0 Å². The molecule has 0 aromatic heterocycles. The lowest BCUT2D eigenvalue weighted by atomic mass is 9.89. The molecule has 1 aliphatic heterocycles. The quantitative estimate of drug-likeness (QED) is 0.797. The second-order valence-corrected chi connectivity index (χ2v) is 5.25. The number of amidine groups is 1. The summed E-state index contributed by atoms with van der Waals surface area (Å²) >= 11 is 0. The molecule has 1 heterocycles. The molecule has 0 fully saturated rings. The molecule has 2 nitrogen and oxygen atoms in total. The molecule has 0 bridgehead atoms. The van der Waals surface area contributed by atoms with Crippen molar-refractivity contribution in [1.82, 2.24) is 5.32 Å². The van der Waals surface area contributed by atoms with E-state index in [-0.39, 0.29) is 5.82 Å². The van der Waals surface area contributed by atoms with E-state index in [4.69, 9.17) is 0 Å². The molecule has 1 unspecified atom stereocenters. The standard InChI is InChI=1S/C15H19FN2/c16-13-5-6-14-11(9-13)3-1-2-4-12(14)10-15-17-7-8-18-15/h5-6,9,12H,1-4,7-8,10H2,(H,17,18). The Kier molecular flexibility index (Phi) is 3.31. The van der Waals surface area contributed by atoms with Gasteiger partial charge in [0, 0.05) is 13.0 Å². The molecule has 0 saturated carbocycles. The van der Waals surface area contributed by atoms with Gasteiger partial charge in [-0.15, -0.1) is 0 Å². The smallest absolute Gasteiger partial charge is 0.123 e. The maximum Gasteiger partial charge on any atom is 0.123 e. The van der Waals surface area contributed by atoms with Crippen molar-refractivity contribution in [2.75, 3.05) is 13.1 Å². The van der Waals surface area contributed by atoms with E-state index in [0.717, 1.165) is 31.8 Å². The van der Waals surface area contributed by atoms with Crippen LogP contribution >= 0.6 is 0 Å². The number of nitrogens with zero attached hydrogens (tertiary/aromatic N) is 1. The molecular weight excluding hydrogens is 227 g/mol. The van der Waals surface area contributed by atoms with Crippen molar-refractivity contribution in [3.63, 3.8) is 0 Å². The summed E-state index contributed by atoms with van der Waals surface area (Å²) in [5.41, 5.74) is 2.54. The maximum absolute atomic E-state index is 13.3. The van der Waals surface area contributed by atoms with Crippen LogP contribution in [0.5, 0.6) is 0 Å². The normalized spacial score (nSPS) is 22.9. The molecule has 0 spiro atoms. The highest BCUT2D eigenvalue weighted by Crippen LogP contribution is 2.33. The zero-order chi connectivity index (χ0) is 12.4. The van der Waals surface area contributed by atoms with Gasteiger partial charge < -0.3 is 5.32 Å². The minimum atomic E-state index is -0.106. The predicted molar refractivity (Wildman–Crippen MR) is 71.6 cm³/mol. The largest absolute Gasteiger partial charge is 0.372 e. The van der Waals surface area contributed by atoms with Crippen LogP contribution in [0.25, 0.3) is 0 Å². The zero-order valence-corrected chi connectivity index (χ0v) is 10.6. The lowest BCUT2D eigenvalue weighted by molar-refractivity contribution is 0.606. The third-order valence-electron chi connectivity index (χ3n) is 3.98.